The van der Waals surface area contributed by atoms with Gasteiger partial charge in [0.25, 0.3) is 0 Å². The quantitative estimate of drug-likeness (QED) is 0.457. The highest BCUT2D eigenvalue weighted by Gasteiger charge is 2.27. The van der Waals surface area contributed by atoms with Crippen LogP contribution in [-0.2, 0) is 6.42 Å². The standard InChI is InChI=1S/C25H34F2/c1-3-5-7-22-16-17-23(25(27)24(22)26)21-14-12-20(13-15-21)19-10-8-18(6-4-2)9-11-19/h12,14-20H,3-11,13H2,1-2H3. The number of hydrogen-bond acceptors (Lipinski definition) is 0. The molecule has 0 aliphatic heterocycles. The molecule has 0 bridgehead atoms. The summed E-state index contributed by atoms with van der Waals surface area (Å²) in [5.41, 5.74) is 1.75. The van der Waals surface area contributed by atoms with Crippen LogP contribution in [0.4, 0.5) is 8.78 Å². The van der Waals surface area contributed by atoms with Crippen LogP contribution in [-0.4, -0.2) is 0 Å². The topological polar surface area (TPSA) is 0 Å². The molecule has 0 N–H and O–H groups in total. The van der Waals surface area contributed by atoms with Crippen LogP contribution in [0.2, 0.25) is 0 Å². The summed E-state index contributed by atoms with van der Waals surface area (Å²) >= 11 is 0. The van der Waals surface area contributed by atoms with E-state index in [4.69, 9.17) is 0 Å². The minimum Gasteiger partial charge on any atom is -0.203 e. The van der Waals surface area contributed by atoms with Crippen molar-refractivity contribution in [1.29, 1.82) is 0 Å². The third-order valence-corrected chi connectivity index (χ3v) is 6.60. The number of allylic oxidation sites excluding steroid dienone is 4. The van der Waals surface area contributed by atoms with Crippen LogP contribution in [0.3, 0.4) is 0 Å². The van der Waals surface area contributed by atoms with Crippen LogP contribution in [0.25, 0.3) is 5.57 Å². The summed E-state index contributed by atoms with van der Waals surface area (Å²) < 4.78 is 29.0. The summed E-state index contributed by atoms with van der Waals surface area (Å²) in [7, 11) is 0. The first-order chi connectivity index (χ1) is 13.1. The number of unbranched alkanes of at least 4 members (excludes halogenated alkanes) is 1. The second-order valence-corrected chi connectivity index (χ2v) is 8.49. The Morgan fingerprint density at radius 1 is 0.963 bits per heavy atom. The molecule has 1 aromatic carbocycles. The molecule has 0 aromatic heterocycles. The average Bonchev–Trinajstić information content (AvgIpc) is 2.70. The molecule has 3 rings (SSSR count). The Labute approximate surface area is 163 Å². The van der Waals surface area contributed by atoms with Crippen LogP contribution in [0.5, 0.6) is 0 Å². The van der Waals surface area contributed by atoms with Gasteiger partial charge in [-0.1, -0.05) is 76.3 Å². The van der Waals surface area contributed by atoms with Crippen LogP contribution < -0.4 is 0 Å². The van der Waals surface area contributed by atoms with Gasteiger partial charge in [0.15, 0.2) is 11.6 Å². The number of benzene rings is 1. The Kier molecular flexibility index (Phi) is 7.26. The van der Waals surface area contributed by atoms with E-state index in [2.05, 4.69) is 26.0 Å². The van der Waals surface area contributed by atoms with Gasteiger partial charge in [-0.05, 0) is 61.0 Å². The van der Waals surface area contributed by atoms with E-state index in [0.29, 0.717) is 23.5 Å². The van der Waals surface area contributed by atoms with E-state index < -0.39 is 11.6 Å². The molecule has 1 aromatic rings. The summed E-state index contributed by atoms with van der Waals surface area (Å²) in [6.07, 6.45) is 17.8. The van der Waals surface area contributed by atoms with Crippen molar-refractivity contribution in [3.05, 3.63) is 53.1 Å². The number of aryl methyl sites for hydroxylation is 1. The lowest BCUT2D eigenvalue weighted by atomic mass is 9.72. The maximum Gasteiger partial charge on any atom is 0.166 e. The summed E-state index contributed by atoms with van der Waals surface area (Å²) in [6, 6.07) is 3.52. The predicted octanol–water partition coefficient (Wildman–Crippen LogP) is 7.87. The fourth-order valence-electron chi connectivity index (χ4n) is 4.87. The lowest BCUT2D eigenvalue weighted by molar-refractivity contribution is 0.221. The molecule has 1 unspecified atom stereocenters. The van der Waals surface area contributed by atoms with Crippen molar-refractivity contribution in [3.8, 4) is 0 Å². The molecule has 0 amide bonds. The van der Waals surface area contributed by atoms with E-state index in [-0.39, 0.29) is 0 Å². The van der Waals surface area contributed by atoms with E-state index in [9.17, 15) is 8.78 Å². The van der Waals surface area contributed by atoms with E-state index in [1.807, 2.05) is 6.08 Å². The molecule has 1 fully saturated rings. The van der Waals surface area contributed by atoms with Gasteiger partial charge in [-0.3, -0.25) is 0 Å². The van der Waals surface area contributed by atoms with Crippen molar-refractivity contribution < 1.29 is 8.78 Å². The minimum atomic E-state index is -0.682. The van der Waals surface area contributed by atoms with Gasteiger partial charge in [0, 0.05) is 5.56 Å². The van der Waals surface area contributed by atoms with Crippen molar-refractivity contribution in [2.45, 2.75) is 78.1 Å². The normalized spacial score (nSPS) is 25.5. The van der Waals surface area contributed by atoms with Crippen molar-refractivity contribution in [3.63, 3.8) is 0 Å². The van der Waals surface area contributed by atoms with Crippen LogP contribution in [0.15, 0.2) is 30.4 Å². The van der Waals surface area contributed by atoms with Crippen LogP contribution >= 0.6 is 0 Å². The van der Waals surface area contributed by atoms with E-state index in [0.717, 1.165) is 36.7 Å². The molecule has 148 valence electrons. The first-order valence-electron chi connectivity index (χ1n) is 11.0. The van der Waals surface area contributed by atoms with Gasteiger partial charge in [0.05, 0.1) is 0 Å². The first-order valence-corrected chi connectivity index (χ1v) is 11.0. The highest BCUT2D eigenvalue weighted by Crippen LogP contribution is 2.39. The van der Waals surface area contributed by atoms with Gasteiger partial charge in [0.1, 0.15) is 0 Å². The van der Waals surface area contributed by atoms with Gasteiger partial charge >= 0.3 is 0 Å². The monoisotopic (exact) mass is 372 g/mol. The van der Waals surface area contributed by atoms with Crippen LogP contribution in [0, 0.1) is 29.4 Å². The van der Waals surface area contributed by atoms with Crippen molar-refractivity contribution in [2.75, 3.05) is 0 Å². The maximum absolute atomic E-state index is 14.6. The molecule has 0 nitrogen and oxygen atoms in total. The molecule has 2 heteroatoms. The molecule has 0 spiro atoms. The van der Waals surface area contributed by atoms with E-state index in [1.54, 1.807) is 12.1 Å². The lowest BCUT2D eigenvalue weighted by Gasteiger charge is -2.33. The highest BCUT2D eigenvalue weighted by atomic mass is 19.2. The van der Waals surface area contributed by atoms with E-state index >= 15 is 0 Å². The average molecular weight is 373 g/mol. The lowest BCUT2D eigenvalue weighted by Crippen LogP contribution is -2.21. The molecule has 2 aliphatic rings. The molecule has 1 atom stereocenters. The fourth-order valence-corrected chi connectivity index (χ4v) is 4.87. The highest BCUT2D eigenvalue weighted by molar-refractivity contribution is 5.75. The number of hydrogen-bond donors (Lipinski definition) is 0. The Hall–Kier alpha value is -1.44. The van der Waals surface area contributed by atoms with Gasteiger partial charge in [-0.15, -0.1) is 0 Å². The SMILES string of the molecule is CCCCc1ccc(C2=CCC(C3CCC(CCC)CC3)C=C2)c(F)c1F. The van der Waals surface area contributed by atoms with E-state index in [1.165, 1.54) is 38.5 Å². The Bertz CT molecular complexity index is 678. The Balaban J connectivity index is 1.63. The van der Waals surface area contributed by atoms with Crippen molar-refractivity contribution in [1.82, 2.24) is 0 Å². The zero-order valence-corrected chi connectivity index (χ0v) is 16.9. The van der Waals surface area contributed by atoms with Crippen LogP contribution in [0.1, 0.15) is 82.8 Å². The smallest absolute Gasteiger partial charge is 0.166 e. The summed E-state index contributed by atoms with van der Waals surface area (Å²) in [5, 5.41) is 0. The van der Waals surface area contributed by atoms with Crippen molar-refractivity contribution >= 4 is 5.57 Å². The first kappa shape index (κ1) is 20.3. The number of rotatable bonds is 7. The Morgan fingerprint density at radius 2 is 1.74 bits per heavy atom. The molecular weight excluding hydrogens is 338 g/mol. The summed E-state index contributed by atoms with van der Waals surface area (Å²) in [4.78, 5) is 0. The van der Waals surface area contributed by atoms with Gasteiger partial charge < -0.3 is 0 Å². The molecule has 0 heterocycles. The summed E-state index contributed by atoms with van der Waals surface area (Å²) in [5.74, 6) is 0.899. The van der Waals surface area contributed by atoms with Gasteiger partial charge in [0.2, 0.25) is 0 Å². The third kappa shape index (κ3) is 4.89. The second kappa shape index (κ2) is 9.66. The molecular formula is C25H34F2. The maximum atomic E-state index is 14.6. The van der Waals surface area contributed by atoms with Gasteiger partial charge in [-0.2, -0.15) is 0 Å². The minimum absolute atomic E-state index is 0.411. The predicted molar refractivity (Wildman–Crippen MR) is 111 cm³/mol. The zero-order valence-electron chi connectivity index (χ0n) is 16.9. The molecule has 2 aliphatic carbocycles. The summed E-state index contributed by atoms with van der Waals surface area (Å²) in [6.45, 7) is 4.34. The molecule has 0 radical (unpaired) electrons. The second-order valence-electron chi connectivity index (χ2n) is 8.49. The molecule has 1 saturated carbocycles. The number of halogens is 2. The molecule has 27 heavy (non-hydrogen) atoms. The molecule has 0 saturated heterocycles. The van der Waals surface area contributed by atoms with Gasteiger partial charge in [-0.25, -0.2) is 8.78 Å². The largest absolute Gasteiger partial charge is 0.203 e. The Morgan fingerprint density at radius 3 is 2.37 bits per heavy atom. The third-order valence-electron chi connectivity index (χ3n) is 6.60. The zero-order chi connectivity index (χ0) is 19.2. The fraction of sp³-hybridized carbons (Fsp3) is 0.600. The van der Waals surface area contributed by atoms with Crippen molar-refractivity contribution in [2.24, 2.45) is 17.8 Å².